The van der Waals surface area contributed by atoms with Gasteiger partial charge in [-0.2, -0.15) is 0 Å². The maximum Gasteiger partial charge on any atom is 0.317 e. The number of rotatable bonds is 6. The summed E-state index contributed by atoms with van der Waals surface area (Å²) >= 11 is 5.90. The SMILES string of the molecule is CCCN(CC(=O)O)Cc1ccc(F)cc1Cl. The molecule has 0 saturated carbocycles. The van der Waals surface area contributed by atoms with Crippen molar-refractivity contribution in [3.05, 3.63) is 34.6 Å². The lowest BCUT2D eigenvalue weighted by atomic mass is 10.2. The van der Waals surface area contributed by atoms with Gasteiger partial charge in [0.2, 0.25) is 0 Å². The summed E-state index contributed by atoms with van der Waals surface area (Å²) in [4.78, 5) is 12.4. The highest BCUT2D eigenvalue weighted by molar-refractivity contribution is 6.31. The van der Waals surface area contributed by atoms with Crippen LogP contribution in [0.5, 0.6) is 0 Å². The van der Waals surface area contributed by atoms with Crippen molar-refractivity contribution in [3.63, 3.8) is 0 Å². The third kappa shape index (κ3) is 4.71. The zero-order valence-corrected chi connectivity index (χ0v) is 10.4. The zero-order chi connectivity index (χ0) is 12.8. The topological polar surface area (TPSA) is 40.5 Å². The van der Waals surface area contributed by atoms with Gasteiger partial charge in [-0.3, -0.25) is 9.69 Å². The largest absolute Gasteiger partial charge is 0.480 e. The van der Waals surface area contributed by atoms with Gasteiger partial charge in [0.05, 0.1) is 6.54 Å². The van der Waals surface area contributed by atoms with Gasteiger partial charge in [-0.1, -0.05) is 24.6 Å². The molecule has 0 amide bonds. The zero-order valence-electron chi connectivity index (χ0n) is 9.62. The van der Waals surface area contributed by atoms with E-state index >= 15 is 0 Å². The second-order valence-electron chi connectivity index (χ2n) is 3.84. The Balaban J connectivity index is 2.74. The fraction of sp³-hybridized carbons (Fsp3) is 0.417. The van der Waals surface area contributed by atoms with Gasteiger partial charge >= 0.3 is 5.97 Å². The van der Waals surface area contributed by atoms with E-state index in [0.717, 1.165) is 12.0 Å². The molecule has 0 heterocycles. The van der Waals surface area contributed by atoms with E-state index < -0.39 is 5.97 Å². The molecule has 94 valence electrons. The van der Waals surface area contributed by atoms with Crippen molar-refractivity contribution in [1.82, 2.24) is 4.90 Å². The summed E-state index contributed by atoms with van der Waals surface area (Å²) in [6, 6.07) is 4.15. The predicted octanol–water partition coefficient (Wildman–Crippen LogP) is 2.78. The highest BCUT2D eigenvalue weighted by atomic mass is 35.5. The molecule has 0 aliphatic heterocycles. The standard InChI is InChI=1S/C12H15ClFNO2/c1-2-5-15(8-12(16)17)7-9-3-4-10(14)6-11(9)13/h3-4,6H,2,5,7-8H2,1H3,(H,16,17). The van der Waals surface area contributed by atoms with Gasteiger partial charge in [0.25, 0.3) is 0 Å². The third-order valence-corrected chi connectivity index (χ3v) is 2.66. The lowest BCUT2D eigenvalue weighted by Gasteiger charge is -2.20. The summed E-state index contributed by atoms with van der Waals surface area (Å²) in [5.74, 6) is -1.27. The van der Waals surface area contributed by atoms with Crippen molar-refractivity contribution in [2.75, 3.05) is 13.1 Å². The van der Waals surface area contributed by atoms with Crippen molar-refractivity contribution in [2.24, 2.45) is 0 Å². The van der Waals surface area contributed by atoms with Crippen LogP contribution in [-0.2, 0) is 11.3 Å². The van der Waals surface area contributed by atoms with E-state index in [9.17, 15) is 9.18 Å². The van der Waals surface area contributed by atoms with Crippen molar-refractivity contribution in [2.45, 2.75) is 19.9 Å². The van der Waals surface area contributed by atoms with Crippen LogP contribution >= 0.6 is 11.6 Å². The Bertz CT molecular complexity index is 398. The molecule has 17 heavy (non-hydrogen) atoms. The predicted molar refractivity (Wildman–Crippen MR) is 64.6 cm³/mol. The number of halogens is 2. The van der Waals surface area contributed by atoms with Gasteiger partial charge < -0.3 is 5.11 Å². The number of carboxylic acids is 1. The molecule has 0 aromatic heterocycles. The van der Waals surface area contributed by atoms with Crippen LogP contribution in [0.4, 0.5) is 4.39 Å². The van der Waals surface area contributed by atoms with Gasteiger partial charge in [0, 0.05) is 11.6 Å². The molecular weight excluding hydrogens is 245 g/mol. The first-order valence-electron chi connectivity index (χ1n) is 5.41. The number of carbonyl (C=O) groups is 1. The second kappa shape index (κ2) is 6.57. The Hall–Kier alpha value is -1.13. The molecule has 0 aliphatic carbocycles. The Labute approximate surface area is 105 Å². The first-order chi connectivity index (χ1) is 8.02. The van der Waals surface area contributed by atoms with Crippen LogP contribution in [0.2, 0.25) is 5.02 Å². The molecule has 0 aliphatic rings. The Kier molecular flexibility index (Phi) is 5.38. The number of hydrogen-bond donors (Lipinski definition) is 1. The van der Waals surface area contributed by atoms with Crippen LogP contribution in [-0.4, -0.2) is 29.1 Å². The van der Waals surface area contributed by atoms with E-state index in [1.165, 1.54) is 12.1 Å². The van der Waals surface area contributed by atoms with E-state index in [0.29, 0.717) is 18.1 Å². The van der Waals surface area contributed by atoms with Crippen LogP contribution < -0.4 is 0 Å². The third-order valence-electron chi connectivity index (χ3n) is 2.31. The normalized spacial score (nSPS) is 10.8. The van der Waals surface area contributed by atoms with E-state index in [4.69, 9.17) is 16.7 Å². The van der Waals surface area contributed by atoms with Gasteiger partial charge in [0.1, 0.15) is 5.82 Å². The minimum absolute atomic E-state index is 0.0401. The average Bonchev–Trinajstić information content (AvgIpc) is 2.21. The Morgan fingerprint density at radius 3 is 2.76 bits per heavy atom. The Morgan fingerprint density at radius 1 is 1.53 bits per heavy atom. The number of aliphatic carboxylic acids is 1. The fourth-order valence-electron chi connectivity index (χ4n) is 1.61. The van der Waals surface area contributed by atoms with E-state index in [1.54, 1.807) is 11.0 Å². The molecule has 0 fully saturated rings. The average molecular weight is 260 g/mol. The van der Waals surface area contributed by atoms with Crippen LogP contribution in [0.1, 0.15) is 18.9 Å². The molecule has 0 atom stereocenters. The monoisotopic (exact) mass is 259 g/mol. The minimum atomic E-state index is -0.878. The number of nitrogens with zero attached hydrogens (tertiary/aromatic N) is 1. The molecule has 0 unspecified atom stereocenters. The van der Waals surface area contributed by atoms with Crippen LogP contribution in [0.15, 0.2) is 18.2 Å². The number of hydrogen-bond acceptors (Lipinski definition) is 2. The molecule has 0 saturated heterocycles. The van der Waals surface area contributed by atoms with Gasteiger partial charge in [-0.15, -0.1) is 0 Å². The van der Waals surface area contributed by atoms with Gasteiger partial charge in [-0.05, 0) is 30.7 Å². The van der Waals surface area contributed by atoms with Gasteiger partial charge in [0.15, 0.2) is 0 Å². The van der Waals surface area contributed by atoms with Crippen molar-refractivity contribution >= 4 is 17.6 Å². The maximum atomic E-state index is 12.9. The molecule has 1 rings (SSSR count). The molecule has 0 spiro atoms. The summed E-state index contributed by atoms with van der Waals surface area (Å²) in [5.41, 5.74) is 0.739. The molecular formula is C12H15ClFNO2. The smallest absolute Gasteiger partial charge is 0.317 e. The maximum absolute atomic E-state index is 12.9. The van der Waals surface area contributed by atoms with Gasteiger partial charge in [-0.25, -0.2) is 4.39 Å². The lowest BCUT2D eigenvalue weighted by molar-refractivity contribution is -0.138. The first-order valence-corrected chi connectivity index (χ1v) is 5.78. The van der Waals surface area contributed by atoms with Crippen LogP contribution in [0, 0.1) is 5.82 Å². The number of benzene rings is 1. The second-order valence-corrected chi connectivity index (χ2v) is 4.25. The highest BCUT2D eigenvalue weighted by Gasteiger charge is 2.11. The molecule has 0 radical (unpaired) electrons. The quantitative estimate of drug-likeness (QED) is 0.854. The van der Waals surface area contributed by atoms with Crippen molar-refractivity contribution in [3.8, 4) is 0 Å². The molecule has 5 heteroatoms. The van der Waals surface area contributed by atoms with E-state index in [-0.39, 0.29) is 12.4 Å². The highest BCUT2D eigenvalue weighted by Crippen LogP contribution is 2.19. The number of carboxylic acid groups (broad SMARTS) is 1. The fourth-order valence-corrected chi connectivity index (χ4v) is 1.84. The van der Waals surface area contributed by atoms with Crippen LogP contribution in [0.25, 0.3) is 0 Å². The summed E-state index contributed by atoms with van der Waals surface area (Å²) in [6.45, 7) is 3.02. The van der Waals surface area contributed by atoms with Crippen LogP contribution in [0.3, 0.4) is 0 Å². The molecule has 1 aromatic rings. The minimum Gasteiger partial charge on any atom is -0.480 e. The van der Waals surface area contributed by atoms with Crippen molar-refractivity contribution in [1.29, 1.82) is 0 Å². The Morgan fingerprint density at radius 2 is 2.24 bits per heavy atom. The molecule has 0 bridgehead atoms. The first kappa shape index (κ1) is 13.9. The molecule has 1 aromatic carbocycles. The molecule has 3 nitrogen and oxygen atoms in total. The van der Waals surface area contributed by atoms with E-state index in [1.807, 2.05) is 6.92 Å². The summed E-state index contributed by atoms with van der Waals surface area (Å²) in [5, 5.41) is 9.10. The summed E-state index contributed by atoms with van der Waals surface area (Å²) < 4.78 is 12.9. The van der Waals surface area contributed by atoms with E-state index in [2.05, 4.69) is 0 Å². The summed E-state index contributed by atoms with van der Waals surface area (Å²) in [6.07, 6.45) is 0.853. The lowest BCUT2D eigenvalue weighted by Crippen LogP contribution is -2.30. The van der Waals surface area contributed by atoms with Crippen molar-refractivity contribution < 1.29 is 14.3 Å². The summed E-state index contributed by atoms with van der Waals surface area (Å²) in [7, 11) is 0. The molecule has 1 N–H and O–H groups in total.